The number of aromatic nitrogens is 1. The third-order valence-corrected chi connectivity index (χ3v) is 2.74. The number of esters is 1. The third-order valence-electron chi connectivity index (χ3n) is 2.74. The number of carbonyl (C=O) groups is 1. The number of hydrogen-bond acceptors (Lipinski definition) is 3. The van der Waals surface area contributed by atoms with Crippen LogP contribution in [0.4, 0.5) is 0 Å². The van der Waals surface area contributed by atoms with E-state index in [1.165, 1.54) is 0 Å². The summed E-state index contributed by atoms with van der Waals surface area (Å²) in [5.74, 6) is -0.592. The second kappa shape index (κ2) is 5.40. The molecule has 0 radical (unpaired) electrons. The fourth-order valence-electron chi connectivity index (χ4n) is 1.94. The SMILES string of the molecule is CCOC(=O)/C(C#N)=C\c1cccc2cc(C)[nH]c12. The number of nitrogens with zero attached hydrogens (tertiary/aromatic N) is 1. The van der Waals surface area contributed by atoms with Crippen LogP contribution in [-0.4, -0.2) is 17.6 Å². The molecule has 1 aromatic heterocycles. The molecule has 0 bridgehead atoms. The van der Waals surface area contributed by atoms with E-state index in [-0.39, 0.29) is 12.2 Å². The number of hydrogen-bond donors (Lipinski definition) is 1. The number of benzene rings is 1. The fourth-order valence-corrected chi connectivity index (χ4v) is 1.94. The smallest absolute Gasteiger partial charge is 0.348 e. The van der Waals surface area contributed by atoms with E-state index < -0.39 is 5.97 Å². The van der Waals surface area contributed by atoms with Gasteiger partial charge in [0.15, 0.2) is 0 Å². The molecule has 2 aromatic rings. The van der Waals surface area contributed by atoms with Gasteiger partial charge in [-0.1, -0.05) is 18.2 Å². The second-order valence-electron chi connectivity index (χ2n) is 4.15. The summed E-state index contributed by atoms with van der Waals surface area (Å²) in [6.45, 7) is 3.93. The van der Waals surface area contributed by atoms with Gasteiger partial charge in [-0.25, -0.2) is 4.79 Å². The van der Waals surface area contributed by atoms with E-state index in [1.807, 2.05) is 37.3 Å². The minimum Gasteiger partial charge on any atom is -0.462 e. The Morgan fingerprint density at radius 2 is 2.32 bits per heavy atom. The number of nitrogens with one attached hydrogen (secondary N) is 1. The van der Waals surface area contributed by atoms with Crippen molar-refractivity contribution >= 4 is 22.9 Å². The Labute approximate surface area is 111 Å². The molecule has 1 aromatic carbocycles. The van der Waals surface area contributed by atoms with E-state index in [2.05, 4.69) is 4.98 Å². The average molecular weight is 254 g/mol. The van der Waals surface area contributed by atoms with Gasteiger partial charge in [0.25, 0.3) is 0 Å². The molecule has 0 atom stereocenters. The van der Waals surface area contributed by atoms with E-state index in [0.717, 1.165) is 22.2 Å². The lowest BCUT2D eigenvalue weighted by Gasteiger charge is -2.01. The molecule has 0 fully saturated rings. The summed E-state index contributed by atoms with van der Waals surface area (Å²) in [4.78, 5) is 14.8. The minimum absolute atomic E-state index is 0.00148. The average Bonchev–Trinajstić information content (AvgIpc) is 2.77. The van der Waals surface area contributed by atoms with Crippen LogP contribution in [0, 0.1) is 18.3 Å². The number of aromatic amines is 1. The monoisotopic (exact) mass is 254 g/mol. The Balaban J connectivity index is 2.49. The van der Waals surface area contributed by atoms with Crippen LogP contribution in [0.1, 0.15) is 18.2 Å². The predicted molar refractivity (Wildman–Crippen MR) is 73.3 cm³/mol. The molecule has 1 heterocycles. The summed E-state index contributed by atoms with van der Waals surface area (Å²) >= 11 is 0. The Morgan fingerprint density at radius 3 is 3.00 bits per heavy atom. The maximum absolute atomic E-state index is 11.6. The molecule has 0 amide bonds. The Morgan fingerprint density at radius 1 is 1.53 bits per heavy atom. The van der Waals surface area contributed by atoms with E-state index in [9.17, 15) is 4.79 Å². The highest BCUT2D eigenvalue weighted by molar-refractivity contribution is 6.00. The van der Waals surface area contributed by atoms with Crippen molar-refractivity contribution in [3.63, 3.8) is 0 Å². The predicted octanol–water partition coefficient (Wildman–Crippen LogP) is 2.95. The van der Waals surface area contributed by atoms with Crippen molar-refractivity contribution in [2.45, 2.75) is 13.8 Å². The molecule has 0 aliphatic carbocycles. The molecule has 0 saturated carbocycles. The van der Waals surface area contributed by atoms with Crippen LogP contribution in [0.5, 0.6) is 0 Å². The Hall–Kier alpha value is -2.54. The number of fused-ring (bicyclic) bond motifs is 1. The number of nitriles is 1. The van der Waals surface area contributed by atoms with Crippen molar-refractivity contribution in [2.24, 2.45) is 0 Å². The zero-order chi connectivity index (χ0) is 13.8. The summed E-state index contributed by atoms with van der Waals surface area (Å²) < 4.78 is 4.84. The molecule has 0 aliphatic heterocycles. The lowest BCUT2D eigenvalue weighted by Crippen LogP contribution is -2.06. The first-order valence-corrected chi connectivity index (χ1v) is 6.03. The molecule has 0 unspecified atom stereocenters. The third kappa shape index (κ3) is 2.66. The van der Waals surface area contributed by atoms with Crippen LogP contribution >= 0.6 is 0 Å². The lowest BCUT2D eigenvalue weighted by molar-refractivity contribution is -0.137. The highest BCUT2D eigenvalue weighted by Gasteiger charge is 2.11. The number of para-hydroxylation sites is 1. The maximum Gasteiger partial charge on any atom is 0.348 e. The molecule has 4 nitrogen and oxygen atoms in total. The molecule has 19 heavy (non-hydrogen) atoms. The van der Waals surface area contributed by atoms with E-state index in [4.69, 9.17) is 10.00 Å². The molecular weight excluding hydrogens is 240 g/mol. The summed E-state index contributed by atoms with van der Waals surface area (Å²) in [6.07, 6.45) is 1.55. The van der Waals surface area contributed by atoms with Crippen LogP contribution < -0.4 is 0 Å². The Bertz CT molecular complexity index is 690. The lowest BCUT2D eigenvalue weighted by atomic mass is 10.1. The van der Waals surface area contributed by atoms with Crippen LogP contribution in [0.3, 0.4) is 0 Å². The first-order valence-electron chi connectivity index (χ1n) is 6.03. The van der Waals surface area contributed by atoms with Crippen molar-refractivity contribution < 1.29 is 9.53 Å². The van der Waals surface area contributed by atoms with E-state index in [0.29, 0.717) is 0 Å². The van der Waals surface area contributed by atoms with Crippen molar-refractivity contribution in [1.29, 1.82) is 5.26 Å². The van der Waals surface area contributed by atoms with Crippen LogP contribution in [-0.2, 0) is 9.53 Å². The molecule has 0 aliphatic rings. The normalized spacial score (nSPS) is 11.3. The molecule has 2 rings (SSSR count). The molecule has 1 N–H and O–H groups in total. The van der Waals surface area contributed by atoms with Gasteiger partial charge in [-0.05, 0) is 26.0 Å². The molecular formula is C15H14N2O2. The first-order chi connectivity index (χ1) is 9.15. The van der Waals surface area contributed by atoms with E-state index in [1.54, 1.807) is 13.0 Å². The number of aryl methyl sites for hydroxylation is 1. The minimum atomic E-state index is -0.592. The van der Waals surface area contributed by atoms with Crippen molar-refractivity contribution in [3.05, 3.63) is 41.1 Å². The van der Waals surface area contributed by atoms with Crippen molar-refractivity contribution in [3.8, 4) is 6.07 Å². The zero-order valence-corrected chi connectivity index (χ0v) is 10.9. The fraction of sp³-hybridized carbons (Fsp3) is 0.200. The molecule has 0 saturated heterocycles. The number of carbonyl (C=O) groups excluding carboxylic acids is 1. The highest BCUT2D eigenvalue weighted by Crippen LogP contribution is 2.21. The van der Waals surface area contributed by atoms with Gasteiger partial charge in [0, 0.05) is 16.6 Å². The van der Waals surface area contributed by atoms with Crippen LogP contribution in [0.2, 0.25) is 0 Å². The van der Waals surface area contributed by atoms with Gasteiger partial charge < -0.3 is 9.72 Å². The summed E-state index contributed by atoms with van der Waals surface area (Å²) in [6, 6.07) is 9.62. The van der Waals surface area contributed by atoms with Crippen molar-refractivity contribution in [1.82, 2.24) is 4.98 Å². The number of rotatable bonds is 3. The summed E-state index contributed by atoms with van der Waals surface area (Å²) in [5, 5.41) is 10.1. The molecule has 4 heteroatoms. The van der Waals surface area contributed by atoms with Gasteiger partial charge >= 0.3 is 5.97 Å². The number of H-pyrrole nitrogens is 1. The quantitative estimate of drug-likeness (QED) is 0.520. The summed E-state index contributed by atoms with van der Waals surface area (Å²) in [5.41, 5.74) is 2.75. The molecule has 96 valence electrons. The second-order valence-corrected chi connectivity index (χ2v) is 4.15. The van der Waals surface area contributed by atoms with Gasteiger partial charge in [0.1, 0.15) is 11.6 Å². The molecule has 0 spiro atoms. The topological polar surface area (TPSA) is 65.9 Å². The Kier molecular flexibility index (Phi) is 3.67. The van der Waals surface area contributed by atoms with E-state index >= 15 is 0 Å². The van der Waals surface area contributed by atoms with Gasteiger partial charge in [0.2, 0.25) is 0 Å². The number of ether oxygens (including phenoxy) is 1. The standard InChI is InChI=1S/C15H14N2O2/c1-3-19-15(18)13(9-16)8-12-6-4-5-11-7-10(2)17-14(11)12/h4-8,17H,3H2,1-2H3/b13-8-. The largest absolute Gasteiger partial charge is 0.462 e. The van der Waals surface area contributed by atoms with Gasteiger partial charge in [-0.2, -0.15) is 5.26 Å². The van der Waals surface area contributed by atoms with Crippen LogP contribution in [0.15, 0.2) is 29.8 Å². The first kappa shape index (κ1) is 12.9. The van der Waals surface area contributed by atoms with Crippen molar-refractivity contribution in [2.75, 3.05) is 6.61 Å². The maximum atomic E-state index is 11.6. The van der Waals surface area contributed by atoms with Crippen LogP contribution in [0.25, 0.3) is 17.0 Å². The highest BCUT2D eigenvalue weighted by atomic mass is 16.5. The summed E-state index contributed by atoms with van der Waals surface area (Å²) in [7, 11) is 0. The van der Waals surface area contributed by atoms with Gasteiger partial charge in [-0.3, -0.25) is 0 Å². The zero-order valence-electron chi connectivity index (χ0n) is 10.9. The van der Waals surface area contributed by atoms with Gasteiger partial charge in [0.05, 0.1) is 12.1 Å². The van der Waals surface area contributed by atoms with Gasteiger partial charge in [-0.15, -0.1) is 0 Å².